The zero-order valence-corrected chi connectivity index (χ0v) is 22.6. The predicted octanol–water partition coefficient (Wildman–Crippen LogP) is 3.29. The molecule has 2 amide bonds. The van der Waals surface area contributed by atoms with E-state index in [1.54, 1.807) is 9.80 Å². The molecule has 0 N–H and O–H groups in total. The third-order valence-corrected chi connectivity index (χ3v) is 7.33. The van der Waals surface area contributed by atoms with Crippen LogP contribution in [0.5, 0.6) is 0 Å². The highest BCUT2D eigenvalue weighted by molar-refractivity contribution is 5.91. The number of carbonyl (C=O) groups excluding carboxylic acids is 2. The van der Waals surface area contributed by atoms with E-state index in [9.17, 15) is 14.8 Å². The number of amides is 2. The molecule has 1 aromatic heterocycles. The largest absolute Gasteiger partial charge is 0.619 e. The summed E-state index contributed by atoms with van der Waals surface area (Å²) in [5.41, 5.74) is 1.84. The molecule has 9 nitrogen and oxygen atoms in total. The number of benzene rings is 2. The molecule has 0 spiro atoms. The van der Waals surface area contributed by atoms with Gasteiger partial charge in [-0.2, -0.15) is 4.73 Å². The molecular weight excluding hydrogens is 494 g/mol. The third-order valence-electron chi connectivity index (χ3n) is 7.33. The van der Waals surface area contributed by atoms with E-state index in [0.717, 1.165) is 0 Å². The molecule has 0 unspecified atom stereocenters. The SMILES string of the molecule is CC(C)(C)OC(=O)N1C[C@@H]2CN(C(=O)c3c[n+]([O-])ccn3)CCN2[C@H](C(c2ccccc2)c2ccccc2)C1. The van der Waals surface area contributed by atoms with E-state index < -0.39 is 5.60 Å². The van der Waals surface area contributed by atoms with E-state index in [2.05, 4.69) is 34.1 Å². The lowest BCUT2D eigenvalue weighted by molar-refractivity contribution is -0.606. The van der Waals surface area contributed by atoms with Crippen LogP contribution in [0.15, 0.2) is 79.3 Å². The lowest BCUT2D eigenvalue weighted by atomic mass is 9.82. The van der Waals surface area contributed by atoms with Gasteiger partial charge in [0.05, 0.1) is 6.20 Å². The first-order valence-corrected chi connectivity index (χ1v) is 13.4. The fourth-order valence-corrected chi connectivity index (χ4v) is 5.69. The predicted molar refractivity (Wildman–Crippen MR) is 146 cm³/mol. The molecule has 0 saturated carbocycles. The van der Waals surface area contributed by atoms with Crippen LogP contribution in [0.1, 0.15) is 48.3 Å². The van der Waals surface area contributed by atoms with E-state index in [1.807, 2.05) is 57.2 Å². The average Bonchev–Trinajstić information content (AvgIpc) is 2.92. The fraction of sp³-hybridized carbons (Fsp3) is 0.400. The first kappa shape index (κ1) is 26.6. The summed E-state index contributed by atoms with van der Waals surface area (Å²) in [5, 5.41) is 11.8. The first-order chi connectivity index (χ1) is 18.7. The molecule has 0 bridgehead atoms. The molecule has 2 atom stereocenters. The molecule has 0 aliphatic carbocycles. The third kappa shape index (κ3) is 6.04. The maximum absolute atomic E-state index is 13.4. The van der Waals surface area contributed by atoms with Gasteiger partial charge in [0.1, 0.15) is 5.60 Å². The number of ether oxygens (including phenoxy) is 1. The van der Waals surface area contributed by atoms with Gasteiger partial charge in [-0.05, 0) is 31.9 Å². The van der Waals surface area contributed by atoms with Crippen LogP contribution in [-0.2, 0) is 4.74 Å². The van der Waals surface area contributed by atoms with Gasteiger partial charge in [0.2, 0.25) is 6.20 Å². The number of rotatable bonds is 4. The number of carbonyl (C=O) groups is 2. The molecule has 2 fully saturated rings. The zero-order chi connectivity index (χ0) is 27.6. The van der Waals surface area contributed by atoms with Crippen LogP contribution < -0.4 is 4.73 Å². The van der Waals surface area contributed by atoms with Crippen molar-refractivity contribution < 1.29 is 19.1 Å². The van der Waals surface area contributed by atoms with Gasteiger partial charge in [0.15, 0.2) is 11.9 Å². The highest BCUT2D eigenvalue weighted by Crippen LogP contribution is 2.36. The topological polar surface area (TPSA) is 92.9 Å². The Morgan fingerprint density at radius 1 is 0.949 bits per heavy atom. The number of hydrogen-bond acceptors (Lipinski definition) is 6. The van der Waals surface area contributed by atoms with Crippen LogP contribution in [-0.4, -0.2) is 82.1 Å². The molecule has 2 aromatic carbocycles. The molecule has 5 rings (SSSR count). The average molecular weight is 530 g/mol. The van der Waals surface area contributed by atoms with Gasteiger partial charge >= 0.3 is 6.09 Å². The van der Waals surface area contributed by atoms with Crippen molar-refractivity contribution in [1.82, 2.24) is 19.7 Å². The van der Waals surface area contributed by atoms with Crippen molar-refractivity contribution in [3.05, 3.63) is 101 Å². The van der Waals surface area contributed by atoms with Crippen LogP contribution in [0.25, 0.3) is 0 Å². The molecule has 204 valence electrons. The van der Waals surface area contributed by atoms with E-state index >= 15 is 0 Å². The fourth-order valence-electron chi connectivity index (χ4n) is 5.69. The molecule has 39 heavy (non-hydrogen) atoms. The van der Waals surface area contributed by atoms with Gasteiger partial charge in [0, 0.05) is 50.7 Å². The summed E-state index contributed by atoms with van der Waals surface area (Å²) in [5.74, 6) is -0.272. The second-order valence-corrected chi connectivity index (χ2v) is 11.2. The Labute approximate surface area is 229 Å². The molecule has 2 aliphatic heterocycles. The summed E-state index contributed by atoms with van der Waals surface area (Å²) in [6.07, 6.45) is 3.44. The number of fused-ring (bicyclic) bond motifs is 1. The maximum Gasteiger partial charge on any atom is 0.410 e. The van der Waals surface area contributed by atoms with Crippen LogP contribution >= 0.6 is 0 Å². The number of hydrogen-bond donors (Lipinski definition) is 0. The summed E-state index contributed by atoms with van der Waals surface area (Å²) in [6, 6.07) is 20.6. The van der Waals surface area contributed by atoms with Crippen LogP contribution in [0, 0.1) is 5.21 Å². The molecule has 9 heteroatoms. The quantitative estimate of drug-likeness (QED) is 0.380. The van der Waals surface area contributed by atoms with Gasteiger partial charge in [-0.15, -0.1) is 0 Å². The second-order valence-electron chi connectivity index (χ2n) is 11.2. The summed E-state index contributed by atoms with van der Waals surface area (Å²) >= 11 is 0. The smallest absolute Gasteiger partial charge is 0.410 e. The minimum Gasteiger partial charge on any atom is -0.619 e. The van der Waals surface area contributed by atoms with E-state index in [0.29, 0.717) is 37.5 Å². The van der Waals surface area contributed by atoms with Crippen molar-refractivity contribution in [2.75, 3.05) is 32.7 Å². The second kappa shape index (κ2) is 11.0. The summed E-state index contributed by atoms with van der Waals surface area (Å²) in [4.78, 5) is 36.7. The Morgan fingerprint density at radius 2 is 1.56 bits per heavy atom. The van der Waals surface area contributed by atoms with Crippen LogP contribution in [0.2, 0.25) is 0 Å². The molecule has 0 radical (unpaired) electrons. The number of aromatic nitrogens is 2. The Balaban J connectivity index is 1.49. The van der Waals surface area contributed by atoms with Crippen LogP contribution in [0.4, 0.5) is 4.79 Å². The van der Waals surface area contributed by atoms with E-state index in [4.69, 9.17) is 4.74 Å². The van der Waals surface area contributed by atoms with Gasteiger partial charge in [-0.1, -0.05) is 60.7 Å². The highest BCUT2D eigenvalue weighted by Gasteiger charge is 2.45. The van der Waals surface area contributed by atoms with Crippen molar-refractivity contribution >= 4 is 12.0 Å². The molecule has 3 aromatic rings. The first-order valence-electron chi connectivity index (χ1n) is 13.4. The lowest BCUT2D eigenvalue weighted by Gasteiger charge is -2.53. The van der Waals surface area contributed by atoms with Gasteiger partial charge < -0.3 is 19.7 Å². The lowest BCUT2D eigenvalue weighted by Crippen LogP contribution is -2.68. The number of piperazine rings is 2. The number of nitrogens with zero attached hydrogens (tertiary/aromatic N) is 5. The van der Waals surface area contributed by atoms with Gasteiger partial charge in [-0.3, -0.25) is 9.69 Å². The normalized spacial score (nSPS) is 20.0. The minimum absolute atomic E-state index is 0.0117. The Morgan fingerprint density at radius 3 is 2.15 bits per heavy atom. The molecule has 2 aliphatic rings. The Hall–Kier alpha value is -3.98. The Bertz CT molecular complexity index is 1260. The minimum atomic E-state index is -0.622. The van der Waals surface area contributed by atoms with Crippen molar-refractivity contribution in [3.8, 4) is 0 Å². The van der Waals surface area contributed by atoms with Crippen molar-refractivity contribution in [2.24, 2.45) is 0 Å². The molecule has 3 heterocycles. The maximum atomic E-state index is 13.4. The van der Waals surface area contributed by atoms with Crippen molar-refractivity contribution in [2.45, 2.75) is 44.4 Å². The summed E-state index contributed by atoms with van der Waals surface area (Å²) in [7, 11) is 0. The van der Waals surface area contributed by atoms with Crippen LogP contribution in [0.3, 0.4) is 0 Å². The van der Waals surface area contributed by atoms with Gasteiger partial charge in [0.25, 0.3) is 5.91 Å². The standard InChI is InChI=1S/C30H35N5O4/c1-30(2,3)39-29(37)33-19-24-18-32(28(36)25-20-34(38)15-14-31-25)16-17-35(24)26(21-33)27(22-10-6-4-7-11-22)23-12-8-5-9-13-23/h4-15,20,24,26-27H,16-19,21H2,1-3H3/t24-,26-/m0/s1. The van der Waals surface area contributed by atoms with Crippen molar-refractivity contribution in [3.63, 3.8) is 0 Å². The highest BCUT2D eigenvalue weighted by atomic mass is 16.6. The monoisotopic (exact) mass is 529 g/mol. The summed E-state index contributed by atoms with van der Waals surface area (Å²) in [6.45, 7) is 8.11. The molecular formula is C30H35N5O4. The zero-order valence-electron chi connectivity index (χ0n) is 22.6. The Kier molecular flexibility index (Phi) is 7.52. The van der Waals surface area contributed by atoms with E-state index in [-0.39, 0.29) is 35.7 Å². The summed E-state index contributed by atoms with van der Waals surface area (Å²) < 4.78 is 6.38. The van der Waals surface area contributed by atoms with Crippen molar-refractivity contribution in [1.29, 1.82) is 0 Å². The molecule has 2 saturated heterocycles. The van der Waals surface area contributed by atoms with Gasteiger partial charge in [-0.25, -0.2) is 9.78 Å². The van der Waals surface area contributed by atoms with E-state index in [1.165, 1.54) is 29.7 Å².